The van der Waals surface area contributed by atoms with Crippen molar-refractivity contribution in [1.82, 2.24) is 10.6 Å². The number of hydrogen-bond acceptors (Lipinski definition) is 4. The van der Waals surface area contributed by atoms with E-state index < -0.39 is 0 Å². The van der Waals surface area contributed by atoms with Gasteiger partial charge < -0.3 is 20.1 Å². The lowest BCUT2D eigenvalue weighted by molar-refractivity contribution is -0.121. The number of amides is 1. The summed E-state index contributed by atoms with van der Waals surface area (Å²) in [5.41, 5.74) is 1.06. The van der Waals surface area contributed by atoms with Crippen molar-refractivity contribution in [1.29, 1.82) is 0 Å². The minimum atomic E-state index is 0.00155. The second kappa shape index (κ2) is 9.23. The molecule has 0 saturated heterocycles. The number of ether oxygens (including phenoxy) is 2. The quantitative estimate of drug-likeness (QED) is 0.733. The van der Waals surface area contributed by atoms with E-state index in [4.69, 9.17) is 9.47 Å². The maximum Gasteiger partial charge on any atom is 0.223 e. The molecule has 0 aliphatic heterocycles. The Morgan fingerprint density at radius 2 is 2.05 bits per heavy atom. The molecule has 0 fully saturated rings. The van der Waals surface area contributed by atoms with Crippen molar-refractivity contribution in [2.24, 2.45) is 0 Å². The Morgan fingerprint density at radius 1 is 1.29 bits per heavy atom. The Hall–Kier alpha value is -1.75. The van der Waals surface area contributed by atoms with Crippen molar-refractivity contribution < 1.29 is 14.3 Å². The number of nitrogens with one attached hydrogen (secondary N) is 2. The molecule has 5 heteroatoms. The monoisotopic (exact) mass is 294 g/mol. The number of rotatable bonds is 9. The summed E-state index contributed by atoms with van der Waals surface area (Å²) >= 11 is 0. The molecule has 21 heavy (non-hydrogen) atoms. The van der Waals surface area contributed by atoms with Gasteiger partial charge in [-0.15, -0.1) is 0 Å². The molecule has 2 N–H and O–H groups in total. The normalized spacial score (nSPS) is 11.8. The van der Waals surface area contributed by atoms with Crippen LogP contribution in [0.3, 0.4) is 0 Å². The maximum absolute atomic E-state index is 11.4. The summed E-state index contributed by atoms with van der Waals surface area (Å²) in [4.78, 5) is 11.4. The van der Waals surface area contributed by atoms with Gasteiger partial charge in [-0.3, -0.25) is 4.79 Å². The van der Waals surface area contributed by atoms with Crippen molar-refractivity contribution in [2.75, 3.05) is 26.8 Å². The number of carbonyl (C=O) groups excluding carboxylic acids is 1. The van der Waals surface area contributed by atoms with Crippen molar-refractivity contribution >= 4 is 5.91 Å². The van der Waals surface area contributed by atoms with Gasteiger partial charge in [-0.25, -0.2) is 0 Å². The first kappa shape index (κ1) is 17.3. The van der Waals surface area contributed by atoms with Crippen molar-refractivity contribution in [3.8, 4) is 11.5 Å². The van der Waals surface area contributed by atoms with Gasteiger partial charge in [-0.2, -0.15) is 0 Å². The lowest BCUT2D eigenvalue weighted by Crippen LogP contribution is -2.24. The summed E-state index contributed by atoms with van der Waals surface area (Å²) in [6.07, 6.45) is 0.347. The van der Waals surface area contributed by atoms with Crippen LogP contribution in [0.15, 0.2) is 18.2 Å². The van der Waals surface area contributed by atoms with Gasteiger partial charge in [-0.05, 0) is 26.5 Å². The third-order valence-corrected chi connectivity index (χ3v) is 3.16. The van der Waals surface area contributed by atoms with E-state index in [0.717, 1.165) is 23.6 Å². The number of carbonyl (C=O) groups is 1. The fourth-order valence-corrected chi connectivity index (χ4v) is 2.08. The Balaban J connectivity index is 2.74. The van der Waals surface area contributed by atoms with E-state index in [-0.39, 0.29) is 11.9 Å². The SMILES string of the molecule is CCNC(=O)CCOc1cc(OC)ccc1C(C)NCC. The van der Waals surface area contributed by atoms with Crippen LogP contribution in [0.2, 0.25) is 0 Å². The highest BCUT2D eigenvalue weighted by Crippen LogP contribution is 2.29. The molecule has 1 atom stereocenters. The van der Waals surface area contributed by atoms with E-state index in [2.05, 4.69) is 24.5 Å². The third-order valence-electron chi connectivity index (χ3n) is 3.16. The minimum absolute atomic E-state index is 0.00155. The summed E-state index contributed by atoms with van der Waals surface area (Å²) in [6.45, 7) is 7.92. The van der Waals surface area contributed by atoms with Gasteiger partial charge in [0.2, 0.25) is 5.91 Å². The molecule has 0 heterocycles. The van der Waals surface area contributed by atoms with Gasteiger partial charge in [0, 0.05) is 24.2 Å². The Labute approximate surface area is 127 Å². The van der Waals surface area contributed by atoms with Gasteiger partial charge in [0.25, 0.3) is 0 Å². The predicted molar refractivity (Wildman–Crippen MR) is 83.9 cm³/mol. The van der Waals surface area contributed by atoms with Crippen LogP contribution in [0.4, 0.5) is 0 Å². The molecule has 1 aromatic rings. The zero-order valence-corrected chi connectivity index (χ0v) is 13.4. The predicted octanol–water partition coefficient (Wildman–Crippen LogP) is 2.27. The summed E-state index contributed by atoms with van der Waals surface area (Å²) < 4.78 is 11.0. The standard InChI is InChI=1S/C16H26N2O3/c1-5-17-12(3)14-8-7-13(20-4)11-15(14)21-10-9-16(19)18-6-2/h7-8,11-12,17H,5-6,9-10H2,1-4H3,(H,18,19). The fraction of sp³-hybridized carbons (Fsp3) is 0.562. The van der Waals surface area contributed by atoms with Crippen LogP contribution in [0.25, 0.3) is 0 Å². The lowest BCUT2D eigenvalue weighted by Gasteiger charge is -2.18. The number of benzene rings is 1. The molecule has 0 radical (unpaired) electrons. The Morgan fingerprint density at radius 3 is 2.67 bits per heavy atom. The van der Waals surface area contributed by atoms with Crippen LogP contribution >= 0.6 is 0 Å². The smallest absolute Gasteiger partial charge is 0.223 e. The molecule has 0 spiro atoms. The summed E-state index contributed by atoms with van der Waals surface area (Å²) in [5.74, 6) is 1.50. The van der Waals surface area contributed by atoms with Crippen LogP contribution in [-0.4, -0.2) is 32.7 Å². The van der Waals surface area contributed by atoms with Gasteiger partial charge in [0.15, 0.2) is 0 Å². The first-order valence-corrected chi connectivity index (χ1v) is 7.43. The molecule has 118 valence electrons. The Kier molecular flexibility index (Phi) is 7.61. The van der Waals surface area contributed by atoms with E-state index >= 15 is 0 Å². The molecule has 0 aliphatic rings. The summed E-state index contributed by atoms with van der Waals surface area (Å²) in [7, 11) is 1.63. The second-order valence-electron chi connectivity index (χ2n) is 4.74. The number of hydrogen-bond donors (Lipinski definition) is 2. The van der Waals surface area contributed by atoms with E-state index in [1.54, 1.807) is 7.11 Å². The average molecular weight is 294 g/mol. The van der Waals surface area contributed by atoms with E-state index in [9.17, 15) is 4.79 Å². The van der Waals surface area contributed by atoms with Crippen LogP contribution in [0.1, 0.15) is 38.8 Å². The van der Waals surface area contributed by atoms with E-state index in [1.165, 1.54) is 0 Å². The molecule has 1 amide bonds. The average Bonchev–Trinajstić information content (AvgIpc) is 2.47. The second-order valence-corrected chi connectivity index (χ2v) is 4.74. The van der Waals surface area contributed by atoms with Gasteiger partial charge in [-0.1, -0.05) is 13.0 Å². The molecular weight excluding hydrogens is 268 g/mol. The van der Waals surface area contributed by atoms with E-state index in [1.807, 2.05) is 25.1 Å². The largest absolute Gasteiger partial charge is 0.497 e. The molecule has 0 aliphatic carbocycles. The van der Waals surface area contributed by atoms with Crippen molar-refractivity contribution in [3.05, 3.63) is 23.8 Å². The van der Waals surface area contributed by atoms with Crippen molar-refractivity contribution in [3.63, 3.8) is 0 Å². The first-order chi connectivity index (χ1) is 10.1. The highest BCUT2D eigenvalue weighted by Gasteiger charge is 2.12. The molecule has 5 nitrogen and oxygen atoms in total. The molecule has 0 saturated carbocycles. The van der Waals surface area contributed by atoms with Crippen LogP contribution in [-0.2, 0) is 4.79 Å². The zero-order valence-electron chi connectivity index (χ0n) is 13.4. The fourth-order valence-electron chi connectivity index (χ4n) is 2.08. The number of methoxy groups -OCH3 is 1. The first-order valence-electron chi connectivity index (χ1n) is 7.43. The third kappa shape index (κ3) is 5.63. The summed E-state index contributed by atoms with van der Waals surface area (Å²) in [6, 6.07) is 5.95. The van der Waals surface area contributed by atoms with E-state index in [0.29, 0.717) is 19.6 Å². The molecule has 1 aromatic carbocycles. The van der Waals surface area contributed by atoms with Gasteiger partial charge >= 0.3 is 0 Å². The van der Waals surface area contributed by atoms with Crippen molar-refractivity contribution in [2.45, 2.75) is 33.2 Å². The van der Waals surface area contributed by atoms with Crippen LogP contribution in [0.5, 0.6) is 11.5 Å². The molecule has 1 rings (SSSR count). The minimum Gasteiger partial charge on any atom is -0.497 e. The Bertz CT molecular complexity index is 449. The van der Waals surface area contributed by atoms with Crippen LogP contribution in [0, 0.1) is 0 Å². The highest BCUT2D eigenvalue weighted by atomic mass is 16.5. The molecule has 1 unspecified atom stereocenters. The molecular formula is C16H26N2O3. The molecule has 0 bridgehead atoms. The topological polar surface area (TPSA) is 59.6 Å². The maximum atomic E-state index is 11.4. The lowest BCUT2D eigenvalue weighted by atomic mass is 10.1. The molecule has 0 aromatic heterocycles. The van der Waals surface area contributed by atoms with Crippen LogP contribution < -0.4 is 20.1 Å². The van der Waals surface area contributed by atoms with Gasteiger partial charge in [0.05, 0.1) is 20.1 Å². The highest BCUT2D eigenvalue weighted by molar-refractivity contribution is 5.75. The summed E-state index contributed by atoms with van der Waals surface area (Å²) in [5, 5.41) is 6.12. The van der Waals surface area contributed by atoms with Gasteiger partial charge in [0.1, 0.15) is 11.5 Å². The zero-order chi connectivity index (χ0) is 15.7.